The molecule has 1 aliphatic heterocycles. The summed E-state index contributed by atoms with van der Waals surface area (Å²) in [5, 5.41) is 0. The van der Waals surface area contributed by atoms with Gasteiger partial charge in [0.25, 0.3) is 0 Å². The highest BCUT2D eigenvalue weighted by molar-refractivity contribution is 5.75. The van der Waals surface area contributed by atoms with E-state index in [1.54, 1.807) is 0 Å². The summed E-state index contributed by atoms with van der Waals surface area (Å²) >= 11 is 0. The van der Waals surface area contributed by atoms with Gasteiger partial charge in [-0.3, -0.25) is 9.59 Å². The lowest BCUT2D eigenvalue weighted by Crippen LogP contribution is -2.48. The molecular weight excluding hydrogens is 268 g/mol. The Morgan fingerprint density at radius 2 is 2.05 bits per heavy atom. The molecule has 21 heavy (non-hydrogen) atoms. The molecule has 1 saturated carbocycles. The van der Waals surface area contributed by atoms with Crippen molar-refractivity contribution in [1.29, 1.82) is 0 Å². The first-order valence-corrected chi connectivity index (χ1v) is 7.94. The Kier molecular flexibility index (Phi) is 4.11. The lowest BCUT2D eigenvalue weighted by Gasteiger charge is -2.50. The molecule has 0 N–H and O–H groups in total. The predicted octanol–water partition coefficient (Wildman–Crippen LogP) is 3.48. The Morgan fingerprint density at radius 3 is 2.62 bits per heavy atom. The number of fused-ring (bicyclic) bond motifs is 2. The van der Waals surface area contributed by atoms with Gasteiger partial charge in [0.1, 0.15) is 6.10 Å². The zero-order valence-electron chi connectivity index (χ0n) is 14.0. The Bertz CT molecular complexity index is 442. The first-order chi connectivity index (χ1) is 9.57. The van der Waals surface area contributed by atoms with Gasteiger partial charge >= 0.3 is 11.9 Å². The van der Waals surface area contributed by atoms with Crippen LogP contribution in [0.15, 0.2) is 0 Å². The molecule has 120 valence electrons. The molecule has 2 aliphatic rings. The fourth-order valence-corrected chi connectivity index (χ4v) is 3.83. The van der Waals surface area contributed by atoms with E-state index in [0.29, 0.717) is 13.0 Å². The topological polar surface area (TPSA) is 52.6 Å². The second kappa shape index (κ2) is 5.29. The normalized spacial score (nSPS) is 36.0. The molecule has 0 amide bonds. The molecule has 0 spiro atoms. The van der Waals surface area contributed by atoms with Crippen LogP contribution in [0.2, 0.25) is 0 Å². The van der Waals surface area contributed by atoms with Crippen LogP contribution in [-0.4, -0.2) is 24.6 Å². The standard InChI is InChI=1S/C17H28O4/c1-6-15(2,3)14(19)20-11-17(5)8-12-7-16(4,10-17)9-13(18)21-12/h12H,6-11H2,1-5H3. The first kappa shape index (κ1) is 16.3. The average Bonchev–Trinajstić information content (AvgIpc) is 2.32. The summed E-state index contributed by atoms with van der Waals surface area (Å²) in [6.45, 7) is 10.5. The molecule has 0 aromatic rings. The minimum Gasteiger partial charge on any atom is -0.465 e. The molecule has 2 bridgehead atoms. The van der Waals surface area contributed by atoms with E-state index in [0.717, 1.165) is 25.7 Å². The SMILES string of the molecule is CCC(C)(C)C(=O)OCC1(C)CC2CC(C)(CC(=O)O2)C1. The molecule has 2 rings (SSSR count). The minimum atomic E-state index is -0.433. The van der Waals surface area contributed by atoms with E-state index < -0.39 is 5.41 Å². The number of carbonyl (C=O) groups is 2. The van der Waals surface area contributed by atoms with Crippen LogP contribution in [0.4, 0.5) is 0 Å². The van der Waals surface area contributed by atoms with Crippen molar-refractivity contribution in [3.8, 4) is 0 Å². The van der Waals surface area contributed by atoms with Crippen molar-refractivity contribution < 1.29 is 19.1 Å². The van der Waals surface area contributed by atoms with Gasteiger partial charge in [-0.2, -0.15) is 0 Å². The van der Waals surface area contributed by atoms with Gasteiger partial charge in [0.15, 0.2) is 0 Å². The fraction of sp³-hybridized carbons (Fsp3) is 0.882. The monoisotopic (exact) mass is 296 g/mol. The molecule has 2 fully saturated rings. The highest BCUT2D eigenvalue weighted by Crippen LogP contribution is 2.51. The van der Waals surface area contributed by atoms with Gasteiger partial charge in [0.2, 0.25) is 0 Å². The van der Waals surface area contributed by atoms with Crippen LogP contribution in [0.3, 0.4) is 0 Å². The Hall–Kier alpha value is -1.06. The van der Waals surface area contributed by atoms with E-state index in [1.165, 1.54) is 0 Å². The number of esters is 2. The molecule has 4 heteroatoms. The lowest BCUT2D eigenvalue weighted by atomic mass is 9.60. The number of hydrogen-bond donors (Lipinski definition) is 0. The van der Waals surface area contributed by atoms with Gasteiger partial charge in [-0.15, -0.1) is 0 Å². The van der Waals surface area contributed by atoms with Crippen LogP contribution in [0.1, 0.15) is 66.7 Å². The van der Waals surface area contributed by atoms with Crippen molar-refractivity contribution in [2.75, 3.05) is 6.61 Å². The summed E-state index contributed by atoms with van der Waals surface area (Å²) in [4.78, 5) is 23.8. The summed E-state index contributed by atoms with van der Waals surface area (Å²) < 4.78 is 11.0. The van der Waals surface area contributed by atoms with Crippen LogP contribution < -0.4 is 0 Å². The van der Waals surface area contributed by atoms with E-state index in [2.05, 4.69) is 13.8 Å². The predicted molar refractivity (Wildman–Crippen MR) is 79.6 cm³/mol. The molecule has 1 heterocycles. The molecule has 4 nitrogen and oxygen atoms in total. The molecule has 0 aromatic heterocycles. The quantitative estimate of drug-likeness (QED) is 0.745. The van der Waals surface area contributed by atoms with Gasteiger partial charge < -0.3 is 9.47 Å². The van der Waals surface area contributed by atoms with Crippen LogP contribution in [0, 0.1) is 16.2 Å². The molecule has 3 unspecified atom stereocenters. The van der Waals surface area contributed by atoms with Crippen LogP contribution in [-0.2, 0) is 19.1 Å². The first-order valence-electron chi connectivity index (χ1n) is 7.94. The van der Waals surface area contributed by atoms with Crippen molar-refractivity contribution in [2.24, 2.45) is 16.2 Å². The summed E-state index contributed by atoms with van der Waals surface area (Å²) in [5.74, 6) is -0.219. The molecule has 1 aliphatic carbocycles. The van der Waals surface area contributed by atoms with E-state index in [4.69, 9.17) is 9.47 Å². The summed E-state index contributed by atoms with van der Waals surface area (Å²) in [6.07, 6.45) is 3.85. The Balaban J connectivity index is 2.00. The molecule has 1 saturated heterocycles. The largest absolute Gasteiger partial charge is 0.465 e. The van der Waals surface area contributed by atoms with Crippen LogP contribution >= 0.6 is 0 Å². The Labute approximate surface area is 127 Å². The van der Waals surface area contributed by atoms with Gasteiger partial charge in [-0.1, -0.05) is 20.8 Å². The summed E-state index contributed by atoms with van der Waals surface area (Å²) in [6, 6.07) is 0. The average molecular weight is 296 g/mol. The maximum Gasteiger partial charge on any atom is 0.311 e. The highest BCUT2D eigenvalue weighted by Gasteiger charge is 2.49. The third-order valence-corrected chi connectivity index (χ3v) is 5.15. The maximum absolute atomic E-state index is 12.2. The van der Waals surface area contributed by atoms with E-state index in [9.17, 15) is 9.59 Å². The lowest BCUT2D eigenvalue weighted by molar-refractivity contribution is -0.180. The zero-order valence-corrected chi connectivity index (χ0v) is 14.0. The van der Waals surface area contributed by atoms with Crippen molar-refractivity contribution in [1.82, 2.24) is 0 Å². The summed E-state index contributed by atoms with van der Waals surface area (Å²) in [7, 11) is 0. The minimum absolute atomic E-state index is 0.0142. The molecular formula is C17H28O4. The van der Waals surface area contributed by atoms with E-state index in [-0.39, 0.29) is 28.9 Å². The third kappa shape index (κ3) is 3.58. The van der Waals surface area contributed by atoms with Crippen molar-refractivity contribution in [3.63, 3.8) is 0 Å². The van der Waals surface area contributed by atoms with E-state index >= 15 is 0 Å². The van der Waals surface area contributed by atoms with Crippen molar-refractivity contribution in [3.05, 3.63) is 0 Å². The second-order valence-corrected chi connectivity index (χ2v) is 8.31. The van der Waals surface area contributed by atoms with Crippen molar-refractivity contribution >= 4 is 11.9 Å². The maximum atomic E-state index is 12.2. The number of rotatable bonds is 4. The Morgan fingerprint density at radius 1 is 1.38 bits per heavy atom. The van der Waals surface area contributed by atoms with Gasteiger partial charge in [-0.25, -0.2) is 0 Å². The molecule has 3 atom stereocenters. The van der Waals surface area contributed by atoms with E-state index in [1.807, 2.05) is 20.8 Å². The number of carbonyl (C=O) groups excluding carboxylic acids is 2. The van der Waals surface area contributed by atoms with Gasteiger partial charge in [-0.05, 0) is 44.9 Å². The number of hydrogen-bond acceptors (Lipinski definition) is 4. The van der Waals surface area contributed by atoms with Crippen LogP contribution in [0.25, 0.3) is 0 Å². The van der Waals surface area contributed by atoms with Gasteiger partial charge in [0, 0.05) is 5.41 Å². The smallest absolute Gasteiger partial charge is 0.311 e. The van der Waals surface area contributed by atoms with Crippen molar-refractivity contribution in [2.45, 2.75) is 72.8 Å². The fourth-order valence-electron chi connectivity index (χ4n) is 3.83. The second-order valence-electron chi connectivity index (χ2n) is 8.31. The number of ether oxygens (including phenoxy) is 2. The third-order valence-electron chi connectivity index (χ3n) is 5.15. The highest BCUT2D eigenvalue weighted by atomic mass is 16.5. The van der Waals surface area contributed by atoms with Crippen LogP contribution in [0.5, 0.6) is 0 Å². The zero-order chi connectivity index (χ0) is 15.9. The molecule has 0 aromatic carbocycles. The summed E-state index contributed by atoms with van der Waals surface area (Å²) in [5.41, 5.74) is -0.547. The molecule has 0 radical (unpaired) electrons. The van der Waals surface area contributed by atoms with Gasteiger partial charge in [0.05, 0.1) is 18.4 Å².